The van der Waals surface area contributed by atoms with Crippen molar-refractivity contribution >= 4 is 26.8 Å². The maximum Gasteiger partial charge on any atom is 0.117 e. The molecule has 0 aliphatic carbocycles. The summed E-state index contributed by atoms with van der Waals surface area (Å²) in [6.07, 6.45) is 0.929. The molecular formula is C11H13BrN2O. The van der Waals surface area contributed by atoms with Gasteiger partial charge in [-0.2, -0.15) is 0 Å². The fourth-order valence-corrected chi connectivity index (χ4v) is 2.30. The van der Waals surface area contributed by atoms with Crippen molar-refractivity contribution in [3.63, 3.8) is 0 Å². The second-order valence-corrected chi connectivity index (χ2v) is 4.32. The summed E-state index contributed by atoms with van der Waals surface area (Å²) >= 11 is 3.50. The van der Waals surface area contributed by atoms with Crippen molar-refractivity contribution in [3.05, 3.63) is 28.9 Å². The zero-order valence-corrected chi connectivity index (χ0v) is 9.87. The molecule has 0 aliphatic rings. The van der Waals surface area contributed by atoms with Crippen molar-refractivity contribution in [3.8, 4) is 5.75 Å². The molecule has 1 aromatic heterocycles. The van der Waals surface area contributed by atoms with Crippen LogP contribution in [0.5, 0.6) is 5.75 Å². The van der Waals surface area contributed by atoms with Gasteiger partial charge in [0.2, 0.25) is 0 Å². The maximum absolute atomic E-state index is 9.44. The minimum atomic E-state index is 0.294. The van der Waals surface area contributed by atoms with Crippen molar-refractivity contribution in [1.29, 1.82) is 0 Å². The Morgan fingerprint density at radius 3 is 2.87 bits per heavy atom. The first kappa shape index (κ1) is 10.5. The van der Waals surface area contributed by atoms with E-state index in [-0.39, 0.29) is 0 Å². The summed E-state index contributed by atoms with van der Waals surface area (Å²) in [6, 6.07) is 7.43. The molecule has 15 heavy (non-hydrogen) atoms. The molecule has 2 rings (SSSR count). The Labute approximate surface area is 96.6 Å². The molecule has 0 unspecified atom stereocenters. The highest BCUT2D eigenvalue weighted by Gasteiger charge is 2.06. The fourth-order valence-electron chi connectivity index (χ4n) is 1.69. The Kier molecular flexibility index (Phi) is 2.98. The van der Waals surface area contributed by atoms with Gasteiger partial charge in [-0.1, -0.05) is 0 Å². The molecule has 80 valence electrons. The van der Waals surface area contributed by atoms with Gasteiger partial charge in [-0.05, 0) is 47.1 Å². The van der Waals surface area contributed by atoms with Gasteiger partial charge >= 0.3 is 0 Å². The second-order valence-electron chi connectivity index (χ2n) is 3.50. The number of phenolic OH excluding ortho intramolecular Hbond substituents is 1. The van der Waals surface area contributed by atoms with Crippen LogP contribution in [0.2, 0.25) is 0 Å². The second kappa shape index (κ2) is 4.24. The standard InChI is InChI=1S/C11H13BrN2O/c12-11-6-8-2-3-9(15)7-10(8)14(11)5-1-4-13/h2-3,6-7,15H,1,4-5,13H2. The van der Waals surface area contributed by atoms with E-state index in [1.54, 1.807) is 12.1 Å². The topological polar surface area (TPSA) is 51.2 Å². The van der Waals surface area contributed by atoms with E-state index >= 15 is 0 Å². The minimum absolute atomic E-state index is 0.294. The lowest BCUT2D eigenvalue weighted by atomic mass is 10.2. The Bertz CT molecular complexity index is 479. The summed E-state index contributed by atoms with van der Waals surface area (Å²) in [5.74, 6) is 0.294. The number of fused-ring (bicyclic) bond motifs is 1. The fraction of sp³-hybridized carbons (Fsp3) is 0.273. The van der Waals surface area contributed by atoms with Crippen LogP contribution in [0, 0.1) is 0 Å². The Balaban J connectivity index is 2.50. The van der Waals surface area contributed by atoms with Crippen LogP contribution in [0.25, 0.3) is 10.9 Å². The highest BCUT2D eigenvalue weighted by atomic mass is 79.9. The first-order valence-corrected chi connectivity index (χ1v) is 5.69. The zero-order chi connectivity index (χ0) is 10.8. The lowest BCUT2D eigenvalue weighted by Crippen LogP contribution is -2.05. The predicted molar refractivity (Wildman–Crippen MR) is 65.0 cm³/mol. The van der Waals surface area contributed by atoms with E-state index in [1.165, 1.54) is 0 Å². The maximum atomic E-state index is 9.44. The van der Waals surface area contributed by atoms with Crippen molar-refractivity contribution in [2.75, 3.05) is 6.54 Å². The summed E-state index contributed by atoms with van der Waals surface area (Å²) in [6.45, 7) is 1.54. The molecule has 0 radical (unpaired) electrons. The molecule has 0 bridgehead atoms. The van der Waals surface area contributed by atoms with E-state index < -0.39 is 0 Å². The number of halogens is 1. The van der Waals surface area contributed by atoms with Crippen molar-refractivity contribution in [2.45, 2.75) is 13.0 Å². The largest absolute Gasteiger partial charge is 0.508 e. The van der Waals surface area contributed by atoms with Crippen molar-refractivity contribution < 1.29 is 5.11 Å². The molecule has 0 saturated carbocycles. The van der Waals surface area contributed by atoms with Gasteiger partial charge in [0.1, 0.15) is 5.75 Å². The lowest BCUT2D eigenvalue weighted by molar-refractivity contribution is 0.475. The molecule has 0 spiro atoms. The molecule has 1 heterocycles. The number of rotatable bonds is 3. The van der Waals surface area contributed by atoms with Gasteiger partial charge in [-0.3, -0.25) is 0 Å². The van der Waals surface area contributed by atoms with Crippen LogP contribution in [-0.2, 0) is 6.54 Å². The number of aromatic nitrogens is 1. The Morgan fingerprint density at radius 2 is 2.13 bits per heavy atom. The highest BCUT2D eigenvalue weighted by molar-refractivity contribution is 9.10. The summed E-state index contributed by atoms with van der Waals surface area (Å²) in [5, 5.41) is 10.6. The third kappa shape index (κ3) is 2.01. The average molecular weight is 269 g/mol. The predicted octanol–water partition coefficient (Wildman–Crippen LogP) is 2.46. The number of hydrogen-bond acceptors (Lipinski definition) is 2. The van der Waals surface area contributed by atoms with Gasteiger partial charge in [0.05, 0.1) is 10.1 Å². The molecule has 4 heteroatoms. The van der Waals surface area contributed by atoms with E-state index in [0.717, 1.165) is 28.5 Å². The molecule has 3 N–H and O–H groups in total. The quantitative estimate of drug-likeness (QED) is 0.899. The number of aromatic hydroxyl groups is 1. The van der Waals surface area contributed by atoms with Gasteiger partial charge in [0, 0.05) is 18.0 Å². The number of nitrogens with two attached hydrogens (primary N) is 1. The normalized spacial score (nSPS) is 11.1. The molecule has 0 fully saturated rings. The van der Waals surface area contributed by atoms with Crippen LogP contribution < -0.4 is 5.73 Å². The van der Waals surface area contributed by atoms with Crippen molar-refractivity contribution in [2.24, 2.45) is 5.73 Å². The SMILES string of the molecule is NCCCn1c(Br)cc2ccc(O)cc21. The van der Waals surface area contributed by atoms with Crippen molar-refractivity contribution in [1.82, 2.24) is 4.57 Å². The third-order valence-corrected chi connectivity index (χ3v) is 3.08. The number of hydrogen-bond donors (Lipinski definition) is 2. The summed E-state index contributed by atoms with van der Waals surface area (Å²) in [7, 11) is 0. The molecule has 3 nitrogen and oxygen atoms in total. The van der Waals surface area contributed by atoms with Crippen LogP contribution >= 0.6 is 15.9 Å². The Morgan fingerprint density at radius 1 is 1.33 bits per heavy atom. The third-order valence-electron chi connectivity index (χ3n) is 2.42. The van der Waals surface area contributed by atoms with Crippen LogP contribution in [0.1, 0.15) is 6.42 Å². The molecule has 0 amide bonds. The molecule has 1 aromatic carbocycles. The van der Waals surface area contributed by atoms with Gasteiger partial charge in [-0.15, -0.1) is 0 Å². The number of nitrogens with zero attached hydrogens (tertiary/aromatic N) is 1. The van der Waals surface area contributed by atoms with E-state index in [2.05, 4.69) is 20.5 Å². The molecular weight excluding hydrogens is 256 g/mol. The smallest absolute Gasteiger partial charge is 0.117 e. The Hall–Kier alpha value is -1.00. The molecule has 2 aromatic rings. The van der Waals surface area contributed by atoms with Gasteiger partial charge in [0.25, 0.3) is 0 Å². The van der Waals surface area contributed by atoms with E-state index in [0.29, 0.717) is 12.3 Å². The highest BCUT2D eigenvalue weighted by Crippen LogP contribution is 2.27. The monoisotopic (exact) mass is 268 g/mol. The molecule has 0 aliphatic heterocycles. The van der Waals surface area contributed by atoms with Crippen LogP contribution in [0.3, 0.4) is 0 Å². The number of benzene rings is 1. The molecule has 0 atom stereocenters. The minimum Gasteiger partial charge on any atom is -0.508 e. The van der Waals surface area contributed by atoms with E-state index in [9.17, 15) is 5.11 Å². The summed E-state index contributed by atoms with van der Waals surface area (Å²) in [5.41, 5.74) is 6.53. The number of aryl methyl sites for hydroxylation is 1. The van der Waals surface area contributed by atoms with Crippen LogP contribution in [-0.4, -0.2) is 16.2 Å². The first-order chi connectivity index (χ1) is 7.22. The van der Waals surface area contributed by atoms with E-state index in [1.807, 2.05) is 12.1 Å². The van der Waals surface area contributed by atoms with E-state index in [4.69, 9.17) is 5.73 Å². The summed E-state index contributed by atoms with van der Waals surface area (Å²) < 4.78 is 3.14. The van der Waals surface area contributed by atoms with Crippen LogP contribution in [0.4, 0.5) is 0 Å². The number of phenols is 1. The van der Waals surface area contributed by atoms with Gasteiger partial charge in [0.15, 0.2) is 0 Å². The van der Waals surface area contributed by atoms with Gasteiger partial charge < -0.3 is 15.4 Å². The lowest BCUT2D eigenvalue weighted by Gasteiger charge is -2.06. The first-order valence-electron chi connectivity index (χ1n) is 4.90. The van der Waals surface area contributed by atoms with Crippen LogP contribution in [0.15, 0.2) is 28.9 Å². The van der Waals surface area contributed by atoms with Gasteiger partial charge in [-0.25, -0.2) is 0 Å². The molecule has 0 saturated heterocycles. The summed E-state index contributed by atoms with van der Waals surface area (Å²) in [4.78, 5) is 0. The average Bonchev–Trinajstić information content (AvgIpc) is 2.51. The zero-order valence-electron chi connectivity index (χ0n) is 8.28.